The van der Waals surface area contributed by atoms with E-state index in [0.29, 0.717) is 0 Å². The van der Waals surface area contributed by atoms with E-state index in [1.807, 2.05) is 12.1 Å². The number of hydrogen-bond donors (Lipinski definition) is 1. The van der Waals surface area contributed by atoms with E-state index < -0.39 is 0 Å². The maximum Gasteiger partial charge on any atom is 0.189 e. The molecule has 0 bridgehead atoms. The van der Waals surface area contributed by atoms with E-state index in [2.05, 4.69) is 10.1 Å². The lowest BCUT2D eigenvalue weighted by atomic mass is 10.2. The molecule has 54 valence electrons. The van der Waals surface area contributed by atoms with Crippen molar-refractivity contribution in [3.05, 3.63) is 36.8 Å². The Hall–Kier alpha value is -1.64. The topological polar surface area (TPSA) is 41.6 Å². The van der Waals surface area contributed by atoms with Crippen LogP contribution >= 0.6 is 0 Å². The Morgan fingerprint density at radius 2 is 2.09 bits per heavy atom. The SMILES string of the molecule is [2H]n1ccc(-c2ccncc2)n1. The van der Waals surface area contributed by atoms with E-state index in [4.69, 9.17) is 1.41 Å². The number of hydrogen-bond acceptors (Lipinski definition) is 2. The fourth-order valence-corrected chi connectivity index (χ4v) is 0.909. The fourth-order valence-electron chi connectivity index (χ4n) is 0.909. The summed E-state index contributed by atoms with van der Waals surface area (Å²) < 4.78 is 7.16. The molecule has 0 saturated carbocycles. The van der Waals surface area contributed by atoms with Crippen molar-refractivity contribution in [2.75, 3.05) is 0 Å². The standard InChI is InChI=1S/C8H7N3/c1-4-9-5-2-7(1)8-3-6-10-11-8/h1-6H,(H,10,11)/i/hD. The summed E-state index contributed by atoms with van der Waals surface area (Å²) in [4.78, 5) is 3.90. The van der Waals surface area contributed by atoms with Crippen molar-refractivity contribution in [1.82, 2.24) is 15.2 Å². The normalized spacial score (nSPS) is 11.1. The maximum atomic E-state index is 7.16. The maximum absolute atomic E-state index is 7.16. The van der Waals surface area contributed by atoms with Gasteiger partial charge in [0.25, 0.3) is 0 Å². The molecule has 0 radical (unpaired) electrons. The molecule has 2 heterocycles. The molecule has 2 aromatic rings. The number of nitrogens with one attached hydrogen (secondary N) is 1. The number of rotatable bonds is 1. The molecule has 0 aromatic carbocycles. The summed E-state index contributed by atoms with van der Waals surface area (Å²) in [5, 5.41) is 4.97. The van der Waals surface area contributed by atoms with Crippen molar-refractivity contribution in [3.8, 4) is 11.3 Å². The van der Waals surface area contributed by atoms with Crippen LogP contribution in [-0.4, -0.2) is 15.2 Å². The molecule has 0 saturated heterocycles. The van der Waals surface area contributed by atoms with Crippen LogP contribution in [0.5, 0.6) is 0 Å². The van der Waals surface area contributed by atoms with Gasteiger partial charge in [0.05, 0.1) is 5.69 Å². The van der Waals surface area contributed by atoms with Crippen molar-refractivity contribution in [3.63, 3.8) is 0 Å². The highest BCUT2D eigenvalue weighted by atomic mass is 15.1. The average molecular weight is 146 g/mol. The molecule has 0 fully saturated rings. The number of pyridine rings is 1. The van der Waals surface area contributed by atoms with Gasteiger partial charge in [-0.3, -0.25) is 10.1 Å². The van der Waals surface area contributed by atoms with Gasteiger partial charge in [0.1, 0.15) is 0 Å². The van der Waals surface area contributed by atoms with Gasteiger partial charge in [-0.25, -0.2) is 0 Å². The first-order valence-electron chi connectivity index (χ1n) is 3.76. The van der Waals surface area contributed by atoms with Crippen LogP contribution in [0.1, 0.15) is 0 Å². The first-order chi connectivity index (χ1) is 5.86. The molecule has 0 aliphatic heterocycles. The summed E-state index contributed by atoms with van der Waals surface area (Å²) in [6.07, 6.45) is 5.01. The lowest BCUT2D eigenvalue weighted by molar-refractivity contribution is 1.09. The second-order valence-electron chi connectivity index (χ2n) is 2.15. The van der Waals surface area contributed by atoms with Crippen LogP contribution in [-0.2, 0) is 0 Å². The predicted molar refractivity (Wildman–Crippen MR) is 41.8 cm³/mol. The molecule has 11 heavy (non-hydrogen) atoms. The van der Waals surface area contributed by atoms with Crippen LogP contribution in [0, 0.1) is 0 Å². The van der Waals surface area contributed by atoms with Gasteiger partial charge in [0, 0.05) is 24.2 Å². The van der Waals surface area contributed by atoms with Gasteiger partial charge in [0.15, 0.2) is 1.41 Å². The highest BCUT2D eigenvalue weighted by molar-refractivity contribution is 5.56. The van der Waals surface area contributed by atoms with Crippen molar-refractivity contribution in [2.45, 2.75) is 0 Å². The Bertz CT molecular complexity index is 369. The molecular formula is C8H7N3. The molecule has 0 aliphatic carbocycles. The third-order valence-electron chi connectivity index (χ3n) is 1.44. The zero-order valence-corrected chi connectivity index (χ0v) is 5.81. The molecular weight excluding hydrogens is 138 g/mol. The summed E-state index contributed by atoms with van der Waals surface area (Å²) in [7, 11) is 0. The lowest BCUT2D eigenvalue weighted by Gasteiger charge is -1.91. The first-order valence-corrected chi connectivity index (χ1v) is 3.31. The average Bonchev–Trinajstić information content (AvgIpc) is 2.54. The molecule has 1 N–H and O–H groups in total. The molecule has 0 aliphatic rings. The van der Waals surface area contributed by atoms with Crippen LogP contribution in [0.2, 0.25) is 1.41 Å². The van der Waals surface area contributed by atoms with Gasteiger partial charge < -0.3 is 0 Å². The number of nitrogens with zero attached hydrogens (tertiary/aromatic N) is 2. The van der Waals surface area contributed by atoms with Gasteiger partial charge in [-0.2, -0.15) is 5.10 Å². The van der Waals surface area contributed by atoms with Crippen molar-refractivity contribution < 1.29 is 1.41 Å². The third-order valence-corrected chi connectivity index (χ3v) is 1.44. The third kappa shape index (κ3) is 1.12. The Morgan fingerprint density at radius 1 is 1.27 bits per heavy atom. The molecule has 3 nitrogen and oxygen atoms in total. The van der Waals surface area contributed by atoms with Crippen LogP contribution in [0.3, 0.4) is 0 Å². The summed E-state index contributed by atoms with van der Waals surface area (Å²) in [6.45, 7) is 0. The summed E-state index contributed by atoms with van der Waals surface area (Å²) in [5.74, 6) is 0. The number of aromatic amines is 1. The molecule has 0 spiro atoms. The monoisotopic (exact) mass is 146 g/mol. The smallest absolute Gasteiger partial charge is 0.189 e. The molecule has 2 aromatic heterocycles. The second kappa shape index (κ2) is 2.54. The first kappa shape index (κ1) is 5.07. The molecule has 0 atom stereocenters. The Morgan fingerprint density at radius 3 is 2.73 bits per heavy atom. The van der Waals surface area contributed by atoms with Gasteiger partial charge in [-0.15, -0.1) is 0 Å². The number of aromatic nitrogens is 3. The van der Waals surface area contributed by atoms with E-state index in [0.717, 1.165) is 16.3 Å². The Labute approximate surface area is 65.6 Å². The number of H-pyrrole nitrogens is 1. The van der Waals surface area contributed by atoms with Gasteiger partial charge in [0.2, 0.25) is 0 Å². The molecule has 2 rings (SSSR count). The minimum Gasteiger partial charge on any atom is -0.285 e. The predicted octanol–water partition coefficient (Wildman–Crippen LogP) is 1.47. The Kier molecular flexibility index (Phi) is 1.17. The van der Waals surface area contributed by atoms with Crippen LogP contribution in [0.25, 0.3) is 11.3 Å². The molecule has 3 heteroatoms. The Balaban J connectivity index is 2.45. The zero-order chi connectivity index (χ0) is 8.39. The van der Waals surface area contributed by atoms with Crippen LogP contribution < -0.4 is 0 Å². The van der Waals surface area contributed by atoms with Crippen LogP contribution in [0.4, 0.5) is 0 Å². The molecule has 0 amide bonds. The van der Waals surface area contributed by atoms with Gasteiger partial charge >= 0.3 is 0 Å². The minimum absolute atomic E-state index is 0.799. The van der Waals surface area contributed by atoms with Gasteiger partial charge in [-0.1, -0.05) is 0 Å². The summed E-state index contributed by atoms with van der Waals surface area (Å²) in [5.41, 5.74) is 1.78. The largest absolute Gasteiger partial charge is 0.285 e. The van der Waals surface area contributed by atoms with Gasteiger partial charge in [-0.05, 0) is 18.2 Å². The van der Waals surface area contributed by atoms with E-state index in [1.54, 1.807) is 24.7 Å². The summed E-state index contributed by atoms with van der Waals surface area (Å²) >= 11 is 0. The zero-order valence-electron chi connectivity index (χ0n) is 6.81. The van der Waals surface area contributed by atoms with E-state index in [-0.39, 0.29) is 0 Å². The second-order valence-corrected chi connectivity index (χ2v) is 2.15. The summed E-state index contributed by atoms with van der Waals surface area (Å²) in [6, 6.07) is 5.52. The highest BCUT2D eigenvalue weighted by Crippen LogP contribution is 2.12. The van der Waals surface area contributed by atoms with Crippen LogP contribution in [0.15, 0.2) is 36.8 Å². The quantitative estimate of drug-likeness (QED) is 0.661. The lowest BCUT2D eigenvalue weighted by Crippen LogP contribution is -1.77. The van der Waals surface area contributed by atoms with Crippen molar-refractivity contribution >= 4 is 0 Å². The van der Waals surface area contributed by atoms with Crippen molar-refractivity contribution in [2.24, 2.45) is 0 Å². The molecule has 0 unspecified atom stereocenters. The van der Waals surface area contributed by atoms with E-state index >= 15 is 0 Å². The minimum atomic E-state index is 0.799. The fraction of sp³-hybridized carbons (Fsp3) is 0. The highest BCUT2D eigenvalue weighted by Gasteiger charge is 1.95. The van der Waals surface area contributed by atoms with Crippen molar-refractivity contribution in [1.29, 1.82) is 0 Å². The van der Waals surface area contributed by atoms with E-state index in [9.17, 15) is 0 Å². The van der Waals surface area contributed by atoms with E-state index in [1.165, 1.54) is 0 Å².